The molecule has 0 radical (unpaired) electrons. The third kappa shape index (κ3) is 3.54. The minimum absolute atomic E-state index is 0.0839. The van der Waals surface area contributed by atoms with Gasteiger partial charge < -0.3 is 5.11 Å². The highest BCUT2D eigenvalue weighted by atomic mass is 79.9. The van der Waals surface area contributed by atoms with Crippen molar-refractivity contribution in [3.8, 4) is 0 Å². The molecule has 0 aliphatic heterocycles. The third-order valence-electron chi connectivity index (χ3n) is 2.29. The van der Waals surface area contributed by atoms with Crippen LogP contribution in [0.3, 0.4) is 0 Å². The fourth-order valence-electron chi connectivity index (χ4n) is 1.42. The van der Waals surface area contributed by atoms with Gasteiger partial charge in [-0.25, -0.2) is 8.42 Å². The zero-order valence-corrected chi connectivity index (χ0v) is 12.4. The average molecular weight is 336 g/mol. The highest BCUT2D eigenvalue weighted by molar-refractivity contribution is 9.10. The second-order valence-electron chi connectivity index (χ2n) is 3.99. The monoisotopic (exact) mass is 335 g/mol. The molecule has 1 aromatic carbocycles. The smallest absolute Gasteiger partial charge is 0.318 e. The molecule has 0 unspecified atom stereocenters. The predicted octanol–water partition coefficient (Wildman–Crippen LogP) is 1.93. The van der Waals surface area contributed by atoms with Crippen molar-refractivity contribution in [2.75, 3.05) is 6.54 Å². The number of halogens is 1. The van der Waals surface area contributed by atoms with E-state index >= 15 is 0 Å². The molecule has 0 atom stereocenters. The van der Waals surface area contributed by atoms with Gasteiger partial charge in [0.25, 0.3) is 0 Å². The van der Waals surface area contributed by atoms with Gasteiger partial charge >= 0.3 is 5.97 Å². The number of aliphatic carboxylic acids is 1. The van der Waals surface area contributed by atoms with Crippen molar-refractivity contribution in [2.24, 2.45) is 0 Å². The Morgan fingerprint density at radius 1 is 1.33 bits per heavy atom. The van der Waals surface area contributed by atoms with Crippen LogP contribution < -0.4 is 0 Å². The molecular formula is C11H14BrNO4S. The van der Waals surface area contributed by atoms with Crippen LogP contribution in [0.5, 0.6) is 0 Å². The Hall–Kier alpha value is -0.920. The Balaban J connectivity index is 3.16. The number of hydrogen-bond acceptors (Lipinski definition) is 3. The first-order chi connectivity index (χ1) is 8.25. The highest BCUT2D eigenvalue weighted by Gasteiger charge is 2.28. The molecule has 0 aromatic heterocycles. The number of hydrogen-bond donors (Lipinski definition) is 1. The van der Waals surface area contributed by atoms with Gasteiger partial charge in [-0.15, -0.1) is 0 Å². The molecule has 18 heavy (non-hydrogen) atoms. The Morgan fingerprint density at radius 3 is 2.22 bits per heavy atom. The summed E-state index contributed by atoms with van der Waals surface area (Å²) in [5.41, 5.74) is 0. The molecule has 0 bridgehead atoms. The van der Waals surface area contributed by atoms with Crippen LogP contribution in [0.15, 0.2) is 33.6 Å². The SMILES string of the molecule is CC(C)N(CC(=O)O)S(=O)(=O)c1ccc(Br)cc1. The number of nitrogens with zero attached hydrogens (tertiary/aromatic N) is 1. The first kappa shape index (κ1) is 15.1. The minimum atomic E-state index is -3.78. The fourth-order valence-corrected chi connectivity index (χ4v) is 3.27. The molecular weight excluding hydrogens is 322 g/mol. The van der Waals surface area contributed by atoms with Crippen LogP contribution in [0.1, 0.15) is 13.8 Å². The maximum atomic E-state index is 12.3. The van der Waals surface area contributed by atoms with E-state index in [1.807, 2.05) is 0 Å². The highest BCUT2D eigenvalue weighted by Crippen LogP contribution is 2.20. The van der Waals surface area contributed by atoms with Crippen molar-refractivity contribution in [2.45, 2.75) is 24.8 Å². The van der Waals surface area contributed by atoms with Crippen molar-refractivity contribution in [1.29, 1.82) is 0 Å². The quantitative estimate of drug-likeness (QED) is 0.892. The van der Waals surface area contributed by atoms with Crippen molar-refractivity contribution < 1.29 is 18.3 Å². The topological polar surface area (TPSA) is 74.7 Å². The Morgan fingerprint density at radius 2 is 1.83 bits per heavy atom. The maximum absolute atomic E-state index is 12.3. The number of benzene rings is 1. The first-order valence-corrected chi connectivity index (χ1v) is 7.47. The summed E-state index contributed by atoms with van der Waals surface area (Å²) in [6, 6.07) is 5.67. The Kier molecular flexibility index (Phi) is 4.89. The van der Waals surface area contributed by atoms with E-state index in [9.17, 15) is 13.2 Å². The summed E-state index contributed by atoms with van der Waals surface area (Å²) in [5.74, 6) is -1.18. The van der Waals surface area contributed by atoms with E-state index in [4.69, 9.17) is 5.11 Å². The van der Waals surface area contributed by atoms with E-state index in [0.717, 1.165) is 8.78 Å². The van der Waals surface area contributed by atoms with Gasteiger partial charge in [0.2, 0.25) is 10.0 Å². The molecule has 7 heteroatoms. The fraction of sp³-hybridized carbons (Fsp3) is 0.364. The van der Waals surface area contributed by atoms with Crippen molar-refractivity contribution in [3.05, 3.63) is 28.7 Å². The van der Waals surface area contributed by atoms with Crippen LogP contribution in [-0.4, -0.2) is 36.4 Å². The molecule has 0 aliphatic carbocycles. The molecule has 0 heterocycles. The van der Waals surface area contributed by atoms with E-state index in [0.29, 0.717) is 0 Å². The molecule has 0 saturated carbocycles. The zero-order chi connectivity index (χ0) is 13.9. The van der Waals surface area contributed by atoms with Crippen LogP contribution in [0, 0.1) is 0 Å². The lowest BCUT2D eigenvalue weighted by atomic mass is 10.4. The summed E-state index contributed by atoms with van der Waals surface area (Å²) in [6.07, 6.45) is 0. The molecule has 0 aliphatic rings. The van der Waals surface area contributed by atoms with E-state index in [-0.39, 0.29) is 4.90 Å². The number of carboxylic acid groups (broad SMARTS) is 1. The van der Waals surface area contributed by atoms with Gasteiger partial charge in [-0.3, -0.25) is 4.79 Å². The summed E-state index contributed by atoms with van der Waals surface area (Å²) in [4.78, 5) is 10.8. The standard InChI is InChI=1S/C11H14BrNO4S/c1-8(2)13(7-11(14)15)18(16,17)10-5-3-9(12)4-6-10/h3-6,8H,7H2,1-2H3,(H,14,15). The average Bonchev–Trinajstić information content (AvgIpc) is 2.25. The number of carboxylic acids is 1. The Labute approximate surface area is 115 Å². The van der Waals surface area contributed by atoms with Crippen LogP contribution in [0.2, 0.25) is 0 Å². The number of sulfonamides is 1. The van der Waals surface area contributed by atoms with Crippen LogP contribution >= 0.6 is 15.9 Å². The lowest BCUT2D eigenvalue weighted by Gasteiger charge is -2.24. The predicted molar refractivity (Wildman–Crippen MR) is 70.8 cm³/mol. The molecule has 100 valence electrons. The Bertz CT molecular complexity index is 524. The van der Waals surface area contributed by atoms with Gasteiger partial charge in [-0.1, -0.05) is 15.9 Å². The molecule has 0 saturated heterocycles. The number of rotatable bonds is 5. The largest absolute Gasteiger partial charge is 0.480 e. The molecule has 1 N–H and O–H groups in total. The second kappa shape index (κ2) is 5.81. The van der Waals surface area contributed by atoms with Crippen LogP contribution in [-0.2, 0) is 14.8 Å². The molecule has 0 fully saturated rings. The summed E-state index contributed by atoms with van der Waals surface area (Å²) < 4.78 is 26.3. The lowest BCUT2D eigenvalue weighted by Crippen LogP contribution is -2.40. The van der Waals surface area contributed by atoms with E-state index in [1.54, 1.807) is 26.0 Å². The summed E-state index contributed by atoms with van der Waals surface area (Å²) in [7, 11) is -3.78. The molecule has 1 rings (SSSR count). The van der Waals surface area contributed by atoms with Gasteiger partial charge in [0.15, 0.2) is 0 Å². The zero-order valence-electron chi connectivity index (χ0n) is 10.00. The summed E-state index contributed by atoms with van der Waals surface area (Å²) in [6.45, 7) is 2.73. The molecule has 1 aromatic rings. The van der Waals surface area contributed by atoms with Crippen LogP contribution in [0.4, 0.5) is 0 Å². The molecule has 0 amide bonds. The van der Waals surface area contributed by atoms with Crippen molar-refractivity contribution in [3.63, 3.8) is 0 Å². The van der Waals surface area contributed by atoms with Gasteiger partial charge in [0.1, 0.15) is 6.54 Å². The first-order valence-electron chi connectivity index (χ1n) is 5.24. The van der Waals surface area contributed by atoms with E-state index < -0.39 is 28.6 Å². The van der Waals surface area contributed by atoms with Gasteiger partial charge in [-0.05, 0) is 38.1 Å². The normalized spacial score (nSPS) is 12.1. The maximum Gasteiger partial charge on any atom is 0.318 e. The van der Waals surface area contributed by atoms with Gasteiger partial charge in [-0.2, -0.15) is 4.31 Å². The van der Waals surface area contributed by atoms with Gasteiger partial charge in [0.05, 0.1) is 4.90 Å². The summed E-state index contributed by atoms with van der Waals surface area (Å²) >= 11 is 3.22. The summed E-state index contributed by atoms with van der Waals surface area (Å²) in [5, 5.41) is 8.77. The lowest BCUT2D eigenvalue weighted by molar-refractivity contribution is -0.137. The van der Waals surface area contributed by atoms with Gasteiger partial charge in [0, 0.05) is 10.5 Å². The molecule has 0 spiro atoms. The van der Waals surface area contributed by atoms with E-state index in [2.05, 4.69) is 15.9 Å². The van der Waals surface area contributed by atoms with Crippen molar-refractivity contribution in [1.82, 2.24) is 4.31 Å². The van der Waals surface area contributed by atoms with Crippen LogP contribution in [0.25, 0.3) is 0 Å². The minimum Gasteiger partial charge on any atom is -0.480 e. The second-order valence-corrected chi connectivity index (χ2v) is 6.80. The van der Waals surface area contributed by atoms with E-state index in [1.165, 1.54) is 12.1 Å². The molecule has 5 nitrogen and oxygen atoms in total. The van der Waals surface area contributed by atoms with Crippen molar-refractivity contribution >= 4 is 31.9 Å². The number of carbonyl (C=O) groups is 1. The third-order valence-corrected chi connectivity index (χ3v) is 4.85.